The van der Waals surface area contributed by atoms with Crippen molar-refractivity contribution in [2.75, 3.05) is 59.2 Å². The summed E-state index contributed by atoms with van der Waals surface area (Å²) in [4.78, 5) is 48.3. The summed E-state index contributed by atoms with van der Waals surface area (Å²) in [6, 6.07) is 8.32. The third-order valence-corrected chi connectivity index (χ3v) is 11.3. The first kappa shape index (κ1) is 30.1. The number of hydrogen-bond donors (Lipinski definition) is 1. The zero-order valence-electron chi connectivity index (χ0n) is 24.2. The minimum Gasteiger partial charge on any atom is -0.466 e. The van der Waals surface area contributed by atoms with E-state index in [-0.39, 0.29) is 31.0 Å². The second-order valence-electron chi connectivity index (χ2n) is 11.8. The van der Waals surface area contributed by atoms with Gasteiger partial charge in [0.2, 0.25) is 11.8 Å². The molecule has 0 aliphatic carbocycles. The van der Waals surface area contributed by atoms with Crippen LogP contribution in [0.3, 0.4) is 0 Å². The first-order chi connectivity index (χ1) is 19.8. The molecule has 41 heavy (non-hydrogen) atoms. The van der Waals surface area contributed by atoms with Crippen LogP contribution in [0, 0.1) is 11.8 Å². The molecule has 4 aliphatic rings. The minimum atomic E-state index is -0.795. The lowest BCUT2D eigenvalue weighted by Gasteiger charge is -2.40. The summed E-state index contributed by atoms with van der Waals surface area (Å²) < 4.78 is 9.75. The Morgan fingerprint density at radius 3 is 2.66 bits per heavy atom. The molecule has 2 bridgehead atoms. The van der Waals surface area contributed by atoms with Crippen LogP contribution >= 0.6 is 11.8 Å². The predicted octanol–water partition coefficient (Wildman–Crippen LogP) is 1.98. The number of carbonyl (C=O) groups is 3. The fraction of sp³-hybridized carbons (Fsp3) is 0.645. The highest BCUT2D eigenvalue weighted by molar-refractivity contribution is 8.02. The first-order valence-electron chi connectivity index (χ1n) is 14.8. The summed E-state index contributed by atoms with van der Waals surface area (Å²) in [5.41, 5.74) is 0.973. The number of hydrogen-bond acceptors (Lipinski definition) is 8. The molecule has 2 unspecified atom stereocenters. The number of morpholine rings is 1. The van der Waals surface area contributed by atoms with Crippen LogP contribution in [0.2, 0.25) is 0 Å². The van der Waals surface area contributed by atoms with Gasteiger partial charge in [0.1, 0.15) is 6.04 Å². The van der Waals surface area contributed by atoms with Gasteiger partial charge in [-0.15, -0.1) is 18.3 Å². The van der Waals surface area contributed by atoms with Crippen LogP contribution in [0.25, 0.3) is 0 Å². The average Bonchev–Trinajstić information content (AvgIpc) is 3.55. The topological polar surface area (TPSA) is 99.6 Å². The molecular formula is C31H43N3O6S. The number of aliphatic hydroxyl groups excluding tert-OH is 1. The van der Waals surface area contributed by atoms with Crippen molar-refractivity contribution in [2.45, 2.75) is 54.7 Å². The Kier molecular flexibility index (Phi) is 9.13. The number of ether oxygens (including phenoxy) is 2. The average molecular weight is 586 g/mol. The number of fused-ring (bicyclic) bond motifs is 1. The lowest BCUT2D eigenvalue weighted by Crippen LogP contribution is -2.58. The fourth-order valence-corrected chi connectivity index (χ4v) is 9.80. The van der Waals surface area contributed by atoms with E-state index in [0.29, 0.717) is 45.7 Å². The number of rotatable bonds is 12. The molecule has 9 nitrogen and oxygen atoms in total. The molecule has 4 saturated heterocycles. The van der Waals surface area contributed by atoms with Crippen molar-refractivity contribution in [3.8, 4) is 0 Å². The van der Waals surface area contributed by atoms with Gasteiger partial charge in [0.25, 0.3) is 0 Å². The quantitative estimate of drug-likeness (QED) is 0.294. The van der Waals surface area contributed by atoms with Crippen molar-refractivity contribution in [1.82, 2.24) is 14.7 Å². The summed E-state index contributed by atoms with van der Waals surface area (Å²) in [6.45, 7) is 12.2. The Morgan fingerprint density at radius 2 is 2.00 bits per heavy atom. The standard InChI is InChI=1S/C31H43N3O6S/c1-4-13-33(15-14-32-16-18-39-19-17-32)28(37)26-31-12-11-30(3,41-31)25(29(38)40-5-2)24(31)27(36)34(26)23(21-35)20-22-9-7-6-8-10-22/h4,6-10,23-26,35H,1,5,11-21H2,2-3H3/t23-,24+,25-,26?,30+,31?/m1/s1. The van der Waals surface area contributed by atoms with Gasteiger partial charge in [0.05, 0.1) is 49.1 Å². The number of aliphatic hydroxyl groups is 1. The van der Waals surface area contributed by atoms with Crippen LogP contribution in [-0.2, 0) is 30.3 Å². The number of nitrogens with zero attached hydrogens (tertiary/aromatic N) is 3. The maximum atomic E-state index is 14.7. The third kappa shape index (κ3) is 5.44. The molecular weight excluding hydrogens is 542 g/mol. The molecule has 2 amide bonds. The zero-order chi connectivity index (χ0) is 29.2. The third-order valence-electron chi connectivity index (χ3n) is 9.36. The zero-order valence-corrected chi connectivity index (χ0v) is 25.0. The molecule has 6 atom stereocenters. The van der Waals surface area contributed by atoms with E-state index in [0.717, 1.165) is 25.1 Å². The molecule has 0 radical (unpaired) electrons. The van der Waals surface area contributed by atoms with Crippen LogP contribution in [0.5, 0.6) is 0 Å². The summed E-state index contributed by atoms with van der Waals surface area (Å²) in [5, 5.41) is 10.7. The molecule has 0 aromatic heterocycles. The van der Waals surface area contributed by atoms with E-state index >= 15 is 0 Å². The summed E-state index contributed by atoms with van der Waals surface area (Å²) in [6.07, 6.45) is 3.52. The second-order valence-corrected chi connectivity index (χ2v) is 13.7. The summed E-state index contributed by atoms with van der Waals surface area (Å²) in [7, 11) is 0. The molecule has 0 saturated carbocycles. The van der Waals surface area contributed by atoms with Gasteiger partial charge in [-0.3, -0.25) is 19.3 Å². The van der Waals surface area contributed by atoms with Gasteiger partial charge in [-0.25, -0.2) is 0 Å². The second kappa shape index (κ2) is 12.5. The van der Waals surface area contributed by atoms with Crippen LogP contribution in [-0.4, -0.2) is 118 Å². The Balaban J connectivity index is 1.52. The van der Waals surface area contributed by atoms with Crippen molar-refractivity contribution in [1.29, 1.82) is 0 Å². The Hall–Kier alpha value is -2.40. The fourth-order valence-electron chi connectivity index (χ4n) is 7.47. The molecule has 4 heterocycles. The van der Waals surface area contributed by atoms with E-state index in [9.17, 15) is 19.5 Å². The number of carbonyl (C=O) groups excluding carboxylic acids is 3. The number of amides is 2. The maximum absolute atomic E-state index is 14.7. The van der Waals surface area contributed by atoms with E-state index in [2.05, 4.69) is 11.5 Å². The summed E-state index contributed by atoms with van der Waals surface area (Å²) >= 11 is 1.63. The SMILES string of the molecule is C=CCN(CCN1CCOCC1)C(=O)C1N([C@@H](CO)Cc2ccccc2)C(=O)[C@@H]2[C@H](C(=O)OCC)[C@]3(C)CCC12S3. The smallest absolute Gasteiger partial charge is 0.311 e. The van der Waals surface area contributed by atoms with Crippen molar-refractivity contribution in [2.24, 2.45) is 11.8 Å². The van der Waals surface area contributed by atoms with Crippen molar-refractivity contribution in [3.05, 3.63) is 48.6 Å². The normalized spacial score (nSPS) is 31.6. The van der Waals surface area contributed by atoms with Crippen LogP contribution in [0.15, 0.2) is 43.0 Å². The van der Waals surface area contributed by atoms with E-state index in [1.807, 2.05) is 37.3 Å². The van der Waals surface area contributed by atoms with Gasteiger partial charge >= 0.3 is 5.97 Å². The Morgan fingerprint density at radius 1 is 1.27 bits per heavy atom. The predicted molar refractivity (Wildman–Crippen MR) is 157 cm³/mol. The highest BCUT2D eigenvalue weighted by Crippen LogP contribution is 2.71. The largest absolute Gasteiger partial charge is 0.466 e. The molecule has 5 rings (SSSR count). The number of benzene rings is 1. The van der Waals surface area contributed by atoms with Crippen molar-refractivity contribution in [3.63, 3.8) is 0 Å². The van der Waals surface area contributed by atoms with Crippen LogP contribution in [0.1, 0.15) is 32.3 Å². The van der Waals surface area contributed by atoms with E-state index in [4.69, 9.17) is 9.47 Å². The highest BCUT2D eigenvalue weighted by Gasteiger charge is 2.78. The monoisotopic (exact) mass is 585 g/mol. The van der Waals surface area contributed by atoms with Gasteiger partial charge in [0.15, 0.2) is 0 Å². The van der Waals surface area contributed by atoms with Gasteiger partial charge in [0, 0.05) is 37.5 Å². The van der Waals surface area contributed by atoms with Gasteiger partial charge in [-0.1, -0.05) is 36.4 Å². The molecule has 4 aliphatic heterocycles. The minimum absolute atomic E-state index is 0.137. The maximum Gasteiger partial charge on any atom is 0.311 e. The van der Waals surface area contributed by atoms with Gasteiger partial charge in [-0.05, 0) is 38.7 Å². The van der Waals surface area contributed by atoms with Gasteiger partial charge in [-0.2, -0.15) is 0 Å². The van der Waals surface area contributed by atoms with Crippen molar-refractivity contribution >= 4 is 29.5 Å². The lowest BCUT2D eigenvalue weighted by atomic mass is 9.66. The molecule has 1 aromatic rings. The molecule has 224 valence electrons. The Labute approximate surface area is 247 Å². The molecule has 4 fully saturated rings. The molecule has 1 spiro atoms. The van der Waals surface area contributed by atoms with Crippen molar-refractivity contribution < 1.29 is 29.0 Å². The number of thioether (sulfide) groups is 1. The molecule has 10 heteroatoms. The van der Waals surface area contributed by atoms with E-state index in [1.54, 1.807) is 34.6 Å². The molecule has 1 aromatic carbocycles. The lowest BCUT2D eigenvalue weighted by molar-refractivity contribution is -0.155. The van der Waals surface area contributed by atoms with Gasteiger partial charge < -0.3 is 24.4 Å². The Bertz CT molecular complexity index is 1130. The van der Waals surface area contributed by atoms with Crippen LogP contribution < -0.4 is 0 Å². The number of esters is 1. The first-order valence-corrected chi connectivity index (χ1v) is 15.6. The van der Waals surface area contributed by atoms with Crippen LogP contribution in [0.4, 0.5) is 0 Å². The number of likely N-dealkylation sites (tertiary alicyclic amines) is 1. The molecule has 1 N–H and O–H groups in total. The van der Waals surface area contributed by atoms with E-state index in [1.165, 1.54) is 0 Å². The highest BCUT2D eigenvalue weighted by atomic mass is 32.2. The summed E-state index contributed by atoms with van der Waals surface area (Å²) in [5.74, 6) is -2.03. The van der Waals surface area contributed by atoms with E-state index < -0.39 is 33.4 Å².